The predicted octanol–water partition coefficient (Wildman–Crippen LogP) is 2.70. The number of nitrogens with one attached hydrogen (secondary N) is 1. The summed E-state index contributed by atoms with van der Waals surface area (Å²) in [6, 6.07) is 3.49. The van der Waals surface area contributed by atoms with Crippen molar-refractivity contribution < 1.29 is 18.0 Å². The summed E-state index contributed by atoms with van der Waals surface area (Å²) in [5.74, 6) is -2.87. The molecule has 2 rings (SSSR count). The molecule has 0 unspecified atom stereocenters. The van der Waals surface area contributed by atoms with Crippen LogP contribution in [-0.4, -0.2) is 26.9 Å². The number of carbonyl (C=O) groups excluding carboxylic acids is 1. The highest BCUT2D eigenvalue weighted by atomic mass is 19.4. The fourth-order valence-electron chi connectivity index (χ4n) is 1.64. The van der Waals surface area contributed by atoms with Crippen LogP contribution < -0.4 is 0 Å². The number of hydrogen-bond acceptors (Lipinski definition) is 3. The van der Waals surface area contributed by atoms with Crippen LogP contribution in [0.3, 0.4) is 0 Å². The van der Waals surface area contributed by atoms with E-state index in [0.717, 1.165) is 5.56 Å². The summed E-state index contributed by atoms with van der Waals surface area (Å²) in [7, 11) is 0. The van der Waals surface area contributed by atoms with E-state index in [-0.39, 0.29) is 5.92 Å². The topological polar surface area (TPSA) is 58.6 Å². The number of aromatic nitrogens is 3. The van der Waals surface area contributed by atoms with E-state index >= 15 is 0 Å². The third-order valence-corrected chi connectivity index (χ3v) is 2.74. The van der Waals surface area contributed by atoms with Gasteiger partial charge in [-0.3, -0.25) is 9.78 Å². The van der Waals surface area contributed by atoms with Crippen molar-refractivity contribution in [3.8, 4) is 0 Å². The van der Waals surface area contributed by atoms with E-state index in [4.69, 9.17) is 0 Å². The largest absolute Gasteiger partial charge is 0.458 e. The second-order valence-corrected chi connectivity index (χ2v) is 4.02. The molecular formula is C12H10F3N3O. The summed E-state index contributed by atoms with van der Waals surface area (Å²) in [4.78, 5) is 20.8. The third-order valence-electron chi connectivity index (χ3n) is 2.74. The molecule has 0 radical (unpaired) electrons. The Morgan fingerprint density at radius 2 is 1.95 bits per heavy atom. The highest BCUT2D eigenvalue weighted by Crippen LogP contribution is 2.24. The number of nitrogens with zero attached hydrogens (tertiary/aromatic N) is 2. The van der Waals surface area contributed by atoms with Crippen LogP contribution in [0.4, 0.5) is 13.2 Å². The molecule has 0 aliphatic rings. The van der Waals surface area contributed by atoms with Crippen molar-refractivity contribution in [2.75, 3.05) is 0 Å². The molecule has 1 N–H and O–H groups in total. The molecule has 7 heteroatoms. The fraction of sp³-hybridized carbons (Fsp3) is 0.250. The Balaban J connectivity index is 2.25. The standard InChI is InChI=1S/C12H10F3N3O/c1-7(8-2-4-16-5-3-8)9-6-17-11(18-9)10(19)12(13,14)15/h2-7H,1H3,(H,17,18)/t7-/m1/s1. The van der Waals surface area contributed by atoms with Gasteiger partial charge in [0, 0.05) is 30.2 Å². The van der Waals surface area contributed by atoms with Gasteiger partial charge in [0.2, 0.25) is 0 Å². The van der Waals surface area contributed by atoms with Crippen molar-refractivity contribution in [3.05, 3.63) is 47.8 Å². The van der Waals surface area contributed by atoms with Crippen molar-refractivity contribution in [1.82, 2.24) is 15.0 Å². The fourth-order valence-corrected chi connectivity index (χ4v) is 1.64. The number of pyridine rings is 1. The molecule has 0 bridgehead atoms. The van der Waals surface area contributed by atoms with Crippen LogP contribution in [0.25, 0.3) is 0 Å². The smallest absolute Gasteiger partial charge is 0.339 e. The van der Waals surface area contributed by atoms with Gasteiger partial charge < -0.3 is 4.98 Å². The Labute approximate surface area is 106 Å². The number of aromatic amines is 1. The Hall–Kier alpha value is -2.18. The normalized spacial score (nSPS) is 13.3. The van der Waals surface area contributed by atoms with Crippen LogP contribution in [-0.2, 0) is 0 Å². The molecule has 0 saturated carbocycles. The number of imidazole rings is 1. The van der Waals surface area contributed by atoms with Crippen LogP contribution in [0.5, 0.6) is 0 Å². The number of halogens is 3. The maximum atomic E-state index is 12.3. The molecule has 0 saturated heterocycles. The van der Waals surface area contributed by atoms with Crippen molar-refractivity contribution in [3.63, 3.8) is 0 Å². The first kappa shape index (κ1) is 13.3. The summed E-state index contributed by atoms with van der Waals surface area (Å²) >= 11 is 0. The molecule has 0 amide bonds. The van der Waals surface area contributed by atoms with E-state index < -0.39 is 17.8 Å². The zero-order valence-corrected chi connectivity index (χ0v) is 9.90. The predicted molar refractivity (Wildman–Crippen MR) is 60.7 cm³/mol. The average molecular weight is 269 g/mol. The number of rotatable bonds is 3. The van der Waals surface area contributed by atoms with E-state index in [1.807, 2.05) is 0 Å². The Kier molecular flexibility index (Phi) is 3.37. The molecule has 1 atom stereocenters. The zero-order valence-electron chi connectivity index (χ0n) is 9.90. The van der Waals surface area contributed by atoms with Gasteiger partial charge in [-0.1, -0.05) is 6.92 Å². The van der Waals surface area contributed by atoms with E-state index in [1.54, 1.807) is 31.5 Å². The zero-order chi connectivity index (χ0) is 14.0. The highest BCUT2D eigenvalue weighted by Gasteiger charge is 2.41. The van der Waals surface area contributed by atoms with Gasteiger partial charge in [0.1, 0.15) is 0 Å². The van der Waals surface area contributed by atoms with Crippen LogP contribution in [0, 0.1) is 0 Å². The third kappa shape index (κ3) is 2.81. The van der Waals surface area contributed by atoms with E-state index in [9.17, 15) is 18.0 Å². The number of carbonyl (C=O) groups is 1. The number of hydrogen-bond donors (Lipinski definition) is 1. The number of H-pyrrole nitrogens is 1. The molecule has 2 aromatic heterocycles. The van der Waals surface area contributed by atoms with Crippen LogP contribution >= 0.6 is 0 Å². The van der Waals surface area contributed by atoms with E-state index in [2.05, 4.69) is 15.0 Å². The van der Waals surface area contributed by atoms with Gasteiger partial charge in [-0.2, -0.15) is 13.2 Å². The van der Waals surface area contributed by atoms with Crippen molar-refractivity contribution in [2.45, 2.75) is 19.0 Å². The summed E-state index contributed by atoms with van der Waals surface area (Å²) in [5.41, 5.74) is 1.31. The maximum absolute atomic E-state index is 12.3. The lowest BCUT2D eigenvalue weighted by atomic mass is 10.00. The second kappa shape index (κ2) is 4.83. The molecule has 0 aliphatic carbocycles. The molecule has 2 aromatic rings. The molecule has 0 aromatic carbocycles. The van der Waals surface area contributed by atoms with Crippen LogP contribution in [0.2, 0.25) is 0 Å². The molecule has 100 valence electrons. The lowest BCUT2D eigenvalue weighted by molar-refractivity contribution is -0.0891. The Bertz CT molecular complexity index is 577. The first-order valence-electron chi connectivity index (χ1n) is 5.46. The minimum atomic E-state index is -4.92. The molecule has 4 nitrogen and oxygen atoms in total. The van der Waals surface area contributed by atoms with Gasteiger partial charge in [-0.25, -0.2) is 4.98 Å². The van der Waals surface area contributed by atoms with Gasteiger partial charge in [0.05, 0.1) is 0 Å². The molecular weight excluding hydrogens is 259 g/mol. The Morgan fingerprint density at radius 1 is 1.32 bits per heavy atom. The molecule has 0 aliphatic heterocycles. The lowest BCUT2D eigenvalue weighted by Gasteiger charge is -2.08. The van der Waals surface area contributed by atoms with E-state index in [1.165, 1.54) is 6.20 Å². The summed E-state index contributed by atoms with van der Waals surface area (Å²) < 4.78 is 36.8. The molecule has 0 spiro atoms. The SMILES string of the molecule is C[C@H](c1ccncc1)c1cnc(C(=O)C(F)(F)F)[nH]1. The van der Waals surface area contributed by atoms with Gasteiger partial charge >= 0.3 is 12.0 Å². The highest BCUT2D eigenvalue weighted by molar-refractivity contribution is 5.97. The number of alkyl halides is 3. The average Bonchev–Trinajstić information content (AvgIpc) is 2.86. The van der Waals surface area contributed by atoms with Gasteiger partial charge in [0.15, 0.2) is 5.82 Å². The summed E-state index contributed by atoms with van der Waals surface area (Å²) in [6.07, 6.45) is -0.507. The minimum Gasteiger partial charge on any atom is -0.339 e. The summed E-state index contributed by atoms with van der Waals surface area (Å²) in [5, 5.41) is 0. The van der Waals surface area contributed by atoms with Gasteiger partial charge in [-0.15, -0.1) is 0 Å². The van der Waals surface area contributed by atoms with Crippen LogP contribution in [0.1, 0.15) is 34.7 Å². The molecule has 2 heterocycles. The number of ketones is 1. The summed E-state index contributed by atoms with van der Waals surface area (Å²) in [6.45, 7) is 1.80. The van der Waals surface area contributed by atoms with E-state index in [0.29, 0.717) is 5.69 Å². The quantitative estimate of drug-likeness (QED) is 0.871. The Morgan fingerprint density at radius 3 is 2.53 bits per heavy atom. The minimum absolute atomic E-state index is 0.203. The van der Waals surface area contributed by atoms with Crippen LogP contribution in [0.15, 0.2) is 30.7 Å². The molecule has 0 fully saturated rings. The van der Waals surface area contributed by atoms with Crippen molar-refractivity contribution >= 4 is 5.78 Å². The second-order valence-electron chi connectivity index (χ2n) is 4.02. The van der Waals surface area contributed by atoms with Crippen molar-refractivity contribution in [1.29, 1.82) is 0 Å². The van der Waals surface area contributed by atoms with Gasteiger partial charge in [-0.05, 0) is 17.7 Å². The van der Waals surface area contributed by atoms with Crippen molar-refractivity contribution in [2.24, 2.45) is 0 Å². The first-order chi connectivity index (χ1) is 8.89. The lowest BCUT2D eigenvalue weighted by Crippen LogP contribution is -2.24. The maximum Gasteiger partial charge on any atom is 0.458 e. The monoisotopic (exact) mass is 269 g/mol. The number of Topliss-reactive ketones (excluding diaryl/α,β-unsaturated/α-hetero) is 1. The molecule has 19 heavy (non-hydrogen) atoms. The first-order valence-corrected chi connectivity index (χ1v) is 5.46. The van der Waals surface area contributed by atoms with Gasteiger partial charge in [0.25, 0.3) is 0 Å².